The van der Waals surface area contributed by atoms with Gasteiger partial charge in [-0.15, -0.1) is 11.3 Å². The molecule has 0 aromatic carbocycles. The first-order chi connectivity index (χ1) is 6.34. The van der Waals surface area contributed by atoms with Crippen molar-refractivity contribution >= 4 is 28.6 Å². The van der Waals surface area contributed by atoms with E-state index in [0.717, 1.165) is 11.4 Å². The molecule has 0 fully saturated rings. The number of anilines is 1. The average molecular weight is 191 g/mol. The summed E-state index contributed by atoms with van der Waals surface area (Å²) >= 11 is 1.45. The molecule has 4 heteroatoms. The Morgan fingerprint density at radius 3 is 3.00 bits per heavy atom. The summed E-state index contributed by atoms with van der Waals surface area (Å²) in [5, 5.41) is 2.53. The van der Waals surface area contributed by atoms with Crippen LogP contribution in [-0.2, 0) is 0 Å². The smallest absolute Gasteiger partial charge is 0.180 e. The SMILES string of the molecule is Nc1nc(C=Cc2ccc[nH]2)cs1. The third-order valence-corrected chi connectivity index (χ3v) is 2.29. The minimum atomic E-state index is 0.603. The lowest BCUT2D eigenvalue weighted by Gasteiger charge is -1.83. The van der Waals surface area contributed by atoms with E-state index in [9.17, 15) is 0 Å². The maximum atomic E-state index is 5.49. The fourth-order valence-corrected chi connectivity index (χ4v) is 1.53. The summed E-state index contributed by atoms with van der Waals surface area (Å²) < 4.78 is 0. The number of thiazole rings is 1. The number of aromatic nitrogens is 2. The minimum Gasteiger partial charge on any atom is -0.375 e. The van der Waals surface area contributed by atoms with Crippen LogP contribution in [-0.4, -0.2) is 9.97 Å². The van der Waals surface area contributed by atoms with Crippen LogP contribution < -0.4 is 5.73 Å². The Kier molecular flexibility index (Phi) is 2.14. The first-order valence-electron chi connectivity index (χ1n) is 3.87. The Bertz CT molecular complexity index is 400. The molecular weight excluding hydrogens is 182 g/mol. The van der Waals surface area contributed by atoms with Crippen molar-refractivity contribution in [1.82, 2.24) is 9.97 Å². The normalized spacial score (nSPS) is 11.1. The van der Waals surface area contributed by atoms with E-state index in [1.165, 1.54) is 11.3 Å². The summed E-state index contributed by atoms with van der Waals surface area (Å²) in [6, 6.07) is 3.95. The first-order valence-corrected chi connectivity index (χ1v) is 4.75. The van der Waals surface area contributed by atoms with Crippen LogP contribution in [0.1, 0.15) is 11.4 Å². The van der Waals surface area contributed by atoms with Crippen LogP contribution in [0.15, 0.2) is 23.7 Å². The van der Waals surface area contributed by atoms with Gasteiger partial charge < -0.3 is 10.7 Å². The van der Waals surface area contributed by atoms with Crippen LogP contribution in [0, 0.1) is 0 Å². The number of hydrogen-bond acceptors (Lipinski definition) is 3. The summed E-state index contributed by atoms with van der Waals surface area (Å²) in [6.07, 6.45) is 5.78. The van der Waals surface area contributed by atoms with Crippen LogP contribution in [0.5, 0.6) is 0 Å². The van der Waals surface area contributed by atoms with Gasteiger partial charge in [0.15, 0.2) is 5.13 Å². The van der Waals surface area contributed by atoms with Crippen molar-refractivity contribution in [3.05, 3.63) is 35.1 Å². The second kappa shape index (κ2) is 3.45. The van der Waals surface area contributed by atoms with Crippen molar-refractivity contribution in [3.8, 4) is 0 Å². The molecule has 13 heavy (non-hydrogen) atoms. The predicted octanol–water partition coefficient (Wildman–Crippen LogP) is 2.22. The first kappa shape index (κ1) is 8.07. The molecule has 0 radical (unpaired) electrons. The Morgan fingerprint density at radius 1 is 1.46 bits per heavy atom. The summed E-state index contributed by atoms with van der Waals surface area (Å²) in [5.41, 5.74) is 7.45. The van der Waals surface area contributed by atoms with Gasteiger partial charge in [0, 0.05) is 17.3 Å². The van der Waals surface area contributed by atoms with E-state index in [-0.39, 0.29) is 0 Å². The predicted molar refractivity (Wildman–Crippen MR) is 56.2 cm³/mol. The van der Waals surface area contributed by atoms with Crippen molar-refractivity contribution in [1.29, 1.82) is 0 Å². The number of aromatic amines is 1. The molecule has 3 N–H and O–H groups in total. The van der Waals surface area contributed by atoms with Crippen molar-refractivity contribution < 1.29 is 0 Å². The lowest BCUT2D eigenvalue weighted by atomic mass is 10.3. The number of nitrogens with two attached hydrogens (primary N) is 1. The lowest BCUT2D eigenvalue weighted by Crippen LogP contribution is -1.80. The second-order valence-electron chi connectivity index (χ2n) is 2.57. The molecule has 0 aliphatic rings. The van der Waals surface area contributed by atoms with Crippen molar-refractivity contribution in [2.75, 3.05) is 5.73 Å². The average Bonchev–Trinajstić information content (AvgIpc) is 2.71. The molecule has 3 nitrogen and oxygen atoms in total. The molecule has 0 saturated heterocycles. The molecule has 0 aliphatic heterocycles. The molecule has 2 aromatic heterocycles. The van der Waals surface area contributed by atoms with Crippen LogP contribution in [0.3, 0.4) is 0 Å². The van der Waals surface area contributed by atoms with Crippen LogP contribution in [0.2, 0.25) is 0 Å². The third-order valence-electron chi connectivity index (χ3n) is 1.60. The molecule has 0 saturated carbocycles. The number of nitrogens with zero attached hydrogens (tertiary/aromatic N) is 1. The Labute approximate surface area is 79.9 Å². The van der Waals surface area contributed by atoms with Crippen LogP contribution in [0.4, 0.5) is 5.13 Å². The fraction of sp³-hybridized carbons (Fsp3) is 0. The quantitative estimate of drug-likeness (QED) is 0.764. The van der Waals surface area contributed by atoms with E-state index in [0.29, 0.717) is 5.13 Å². The van der Waals surface area contributed by atoms with E-state index in [1.807, 2.05) is 35.9 Å². The Hall–Kier alpha value is -1.55. The summed E-state index contributed by atoms with van der Waals surface area (Å²) in [4.78, 5) is 7.18. The molecule has 0 bridgehead atoms. The molecule has 2 heterocycles. The van der Waals surface area contributed by atoms with E-state index in [2.05, 4.69) is 9.97 Å². The Morgan fingerprint density at radius 2 is 2.38 bits per heavy atom. The van der Waals surface area contributed by atoms with Gasteiger partial charge in [-0.2, -0.15) is 0 Å². The number of nitrogens with one attached hydrogen (secondary N) is 1. The Balaban J connectivity index is 2.14. The molecule has 2 rings (SSSR count). The largest absolute Gasteiger partial charge is 0.375 e. The van der Waals surface area contributed by atoms with Crippen LogP contribution >= 0.6 is 11.3 Å². The van der Waals surface area contributed by atoms with E-state index < -0.39 is 0 Å². The zero-order valence-corrected chi connectivity index (χ0v) is 7.71. The lowest BCUT2D eigenvalue weighted by molar-refractivity contribution is 1.37. The van der Waals surface area contributed by atoms with E-state index in [1.54, 1.807) is 0 Å². The maximum Gasteiger partial charge on any atom is 0.180 e. The van der Waals surface area contributed by atoms with Crippen molar-refractivity contribution in [2.45, 2.75) is 0 Å². The van der Waals surface area contributed by atoms with Crippen LogP contribution in [0.25, 0.3) is 12.2 Å². The van der Waals surface area contributed by atoms with Gasteiger partial charge in [0.2, 0.25) is 0 Å². The zero-order valence-electron chi connectivity index (χ0n) is 6.90. The molecule has 0 atom stereocenters. The standard InChI is InChI=1S/C9H9N3S/c10-9-12-8(6-13-9)4-3-7-2-1-5-11-7/h1-6,11H,(H2,10,12). The molecule has 2 aromatic rings. The third kappa shape index (κ3) is 1.97. The van der Waals surface area contributed by atoms with Gasteiger partial charge in [0.05, 0.1) is 5.69 Å². The number of rotatable bonds is 2. The molecule has 0 unspecified atom stereocenters. The zero-order chi connectivity index (χ0) is 9.10. The highest BCUT2D eigenvalue weighted by atomic mass is 32.1. The summed E-state index contributed by atoms with van der Waals surface area (Å²) in [6.45, 7) is 0. The molecule has 0 spiro atoms. The minimum absolute atomic E-state index is 0.603. The molecular formula is C9H9N3S. The highest BCUT2D eigenvalue weighted by Crippen LogP contribution is 2.13. The van der Waals surface area contributed by atoms with E-state index in [4.69, 9.17) is 5.73 Å². The van der Waals surface area contributed by atoms with E-state index >= 15 is 0 Å². The highest BCUT2D eigenvalue weighted by molar-refractivity contribution is 7.13. The van der Waals surface area contributed by atoms with Crippen molar-refractivity contribution in [3.63, 3.8) is 0 Å². The van der Waals surface area contributed by atoms with Gasteiger partial charge in [-0.1, -0.05) is 0 Å². The highest BCUT2D eigenvalue weighted by Gasteiger charge is 1.92. The fourth-order valence-electron chi connectivity index (χ4n) is 1.00. The maximum absolute atomic E-state index is 5.49. The molecule has 66 valence electrons. The summed E-state index contributed by atoms with van der Waals surface area (Å²) in [7, 11) is 0. The number of H-pyrrole nitrogens is 1. The molecule has 0 amide bonds. The number of hydrogen-bond donors (Lipinski definition) is 2. The summed E-state index contributed by atoms with van der Waals surface area (Å²) in [5.74, 6) is 0. The van der Waals surface area contributed by atoms with Crippen molar-refractivity contribution in [2.24, 2.45) is 0 Å². The van der Waals surface area contributed by atoms with Gasteiger partial charge in [-0.05, 0) is 24.3 Å². The van der Waals surface area contributed by atoms with Gasteiger partial charge in [-0.3, -0.25) is 0 Å². The van der Waals surface area contributed by atoms with Gasteiger partial charge >= 0.3 is 0 Å². The number of nitrogen functional groups attached to an aromatic ring is 1. The molecule has 0 aliphatic carbocycles. The second-order valence-corrected chi connectivity index (χ2v) is 3.46. The topological polar surface area (TPSA) is 54.7 Å². The van der Waals surface area contributed by atoms with Gasteiger partial charge in [-0.25, -0.2) is 4.98 Å². The van der Waals surface area contributed by atoms with Gasteiger partial charge in [0.1, 0.15) is 0 Å². The van der Waals surface area contributed by atoms with Gasteiger partial charge in [0.25, 0.3) is 0 Å². The monoisotopic (exact) mass is 191 g/mol.